The van der Waals surface area contributed by atoms with E-state index in [-0.39, 0.29) is 0 Å². The summed E-state index contributed by atoms with van der Waals surface area (Å²) in [7, 11) is -7.21. The van der Waals surface area contributed by atoms with Crippen molar-refractivity contribution in [2.45, 2.75) is 0 Å². The predicted molar refractivity (Wildman–Crippen MR) is 332 cm³/mol. The molecule has 80 heavy (non-hydrogen) atoms. The zero-order chi connectivity index (χ0) is 52.6. The standard InChI is InChI=1S/C72H42N2O4P2/c75-79(49-21-3-1-4-22-49)67-35-45(43-17-15-19-47(33-43)73-59-29-11-7-25-51(59)55-39-57-53-27-9-13-31-63(53)77-65(57)41-61(55)73)37-69-71(67)72-68(79)36-46(38-70(72)80(69,76)50-23-5-2-6-24-50)44-18-16-20-48(34-44)74-60-30-12-8-26-52(60)56-40-58-54-28-10-14-32-64(54)78-66(58)42-62(56)74/h1-42H. The number of hydrogen-bond donors (Lipinski definition) is 0. The molecule has 0 amide bonds. The molecular formula is C72H42N2O4P2. The van der Waals surface area contributed by atoms with Crippen LogP contribution < -0.4 is 31.8 Å². The summed E-state index contributed by atoms with van der Waals surface area (Å²) < 4.78 is 51.7. The average molecular weight is 1060 g/mol. The highest BCUT2D eigenvalue weighted by atomic mass is 31.2. The van der Waals surface area contributed by atoms with Crippen molar-refractivity contribution in [3.63, 3.8) is 0 Å². The number of aromatic nitrogens is 2. The summed E-state index contributed by atoms with van der Waals surface area (Å²) in [6.45, 7) is 0. The Morgan fingerprint density at radius 2 is 0.637 bits per heavy atom. The number of furan rings is 2. The van der Waals surface area contributed by atoms with E-state index >= 15 is 9.13 Å². The van der Waals surface area contributed by atoms with Crippen molar-refractivity contribution < 1.29 is 18.0 Å². The van der Waals surface area contributed by atoms with Crippen LogP contribution in [0.4, 0.5) is 0 Å². The van der Waals surface area contributed by atoms with E-state index in [0.29, 0.717) is 0 Å². The van der Waals surface area contributed by atoms with Gasteiger partial charge in [0.05, 0.1) is 22.1 Å². The summed E-state index contributed by atoms with van der Waals surface area (Å²) >= 11 is 0. The van der Waals surface area contributed by atoms with Crippen molar-refractivity contribution in [1.82, 2.24) is 9.13 Å². The van der Waals surface area contributed by atoms with Gasteiger partial charge in [-0.05, 0) is 107 Å². The first-order chi connectivity index (χ1) is 39.4. The van der Waals surface area contributed by atoms with Crippen LogP contribution in [0.5, 0.6) is 0 Å². The highest BCUT2D eigenvalue weighted by molar-refractivity contribution is 7.90. The van der Waals surface area contributed by atoms with Gasteiger partial charge in [0.25, 0.3) is 0 Å². The fourth-order valence-electron chi connectivity index (χ4n) is 13.7. The first-order valence-corrected chi connectivity index (χ1v) is 30.4. The second-order valence-electron chi connectivity index (χ2n) is 21.4. The maximum atomic E-state index is 17.1. The van der Waals surface area contributed by atoms with Crippen molar-refractivity contribution in [3.05, 3.63) is 255 Å². The molecular weight excluding hydrogens is 1020 g/mol. The molecule has 4 aromatic heterocycles. The third-order valence-electron chi connectivity index (χ3n) is 17.3. The van der Waals surface area contributed by atoms with Crippen LogP contribution in [0.15, 0.2) is 264 Å². The monoisotopic (exact) mass is 1060 g/mol. The SMILES string of the molecule is O=P1(c2ccccc2)c2cc(-c3cccc(-n4c5ccccc5c5cc6c(cc54)oc4ccccc46)c3)cc3c2-c2c1cc(-c1cccc(-n4c5ccccc5c5cc6c(cc54)oc4ccccc46)c1)cc2P3(=O)c1ccccc1. The molecule has 8 heteroatoms. The zero-order valence-corrected chi connectivity index (χ0v) is 44.5. The highest BCUT2D eigenvalue weighted by Crippen LogP contribution is 2.62. The molecule has 2 aliphatic heterocycles. The molecule has 16 aromatic rings. The Kier molecular flexibility index (Phi) is 8.84. The molecule has 0 saturated carbocycles. The smallest absolute Gasteiger partial charge is 0.172 e. The van der Waals surface area contributed by atoms with Gasteiger partial charge in [-0.15, -0.1) is 0 Å². The minimum absolute atomic E-state index is 0.726. The highest BCUT2D eigenvalue weighted by Gasteiger charge is 2.52. The third kappa shape index (κ3) is 5.83. The molecule has 6 nitrogen and oxygen atoms in total. The minimum Gasteiger partial charge on any atom is -0.456 e. The van der Waals surface area contributed by atoms with Gasteiger partial charge in [-0.2, -0.15) is 0 Å². The summed E-state index contributed by atoms with van der Waals surface area (Å²) in [6.07, 6.45) is 0. The molecule has 0 spiro atoms. The van der Waals surface area contributed by atoms with Crippen LogP contribution in [-0.4, -0.2) is 9.13 Å². The van der Waals surface area contributed by atoms with Crippen LogP contribution in [0.3, 0.4) is 0 Å². The Morgan fingerprint density at radius 3 is 1.06 bits per heavy atom. The number of para-hydroxylation sites is 4. The van der Waals surface area contributed by atoms with Crippen molar-refractivity contribution >= 4 is 134 Å². The first kappa shape index (κ1) is 44.3. The van der Waals surface area contributed by atoms with Gasteiger partial charge in [-0.3, -0.25) is 0 Å². The van der Waals surface area contributed by atoms with Crippen molar-refractivity contribution in [2.24, 2.45) is 0 Å². The van der Waals surface area contributed by atoms with Gasteiger partial charge in [-0.1, -0.05) is 158 Å². The predicted octanol–water partition coefficient (Wildman–Crippen LogP) is 16.6. The first-order valence-electron chi connectivity index (χ1n) is 27.0. The number of nitrogens with zero attached hydrogens (tertiary/aromatic N) is 2. The van der Waals surface area contributed by atoms with Gasteiger partial charge in [-0.25, -0.2) is 0 Å². The van der Waals surface area contributed by atoms with Gasteiger partial charge < -0.3 is 27.1 Å². The van der Waals surface area contributed by atoms with Crippen LogP contribution in [0, 0.1) is 0 Å². The molecule has 0 saturated heterocycles. The lowest BCUT2D eigenvalue weighted by atomic mass is 9.97. The van der Waals surface area contributed by atoms with E-state index in [4.69, 9.17) is 8.83 Å². The molecule has 0 aliphatic carbocycles. The summed E-state index contributed by atoms with van der Waals surface area (Å²) in [4.78, 5) is 0. The van der Waals surface area contributed by atoms with Crippen LogP contribution in [-0.2, 0) is 9.13 Å². The maximum absolute atomic E-state index is 17.1. The van der Waals surface area contributed by atoms with Crippen molar-refractivity contribution in [3.8, 4) is 44.8 Å². The van der Waals surface area contributed by atoms with Crippen molar-refractivity contribution in [1.29, 1.82) is 0 Å². The van der Waals surface area contributed by atoms with E-state index < -0.39 is 14.3 Å². The molecule has 2 aliphatic rings. The fourth-order valence-corrected chi connectivity index (χ4v) is 20.2. The van der Waals surface area contributed by atoms with Gasteiger partial charge in [0.1, 0.15) is 22.3 Å². The molecule has 18 rings (SSSR count). The van der Waals surface area contributed by atoms with Gasteiger partial charge in [0.15, 0.2) is 14.3 Å². The normalized spacial score (nSPS) is 14.1. The van der Waals surface area contributed by atoms with Gasteiger partial charge in [0.2, 0.25) is 0 Å². The molecule has 0 fully saturated rings. The Hall–Kier alpha value is -9.70. The lowest BCUT2D eigenvalue weighted by Crippen LogP contribution is -2.28. The lowest BCUT2D eigenvalue weighted by molar-refractivity contribution is 0.592. The van der Waals surface area contributed by atoms with E-state index in [9.17, 15) is 0 Å². The maximum Gasteiger partial charge on any atom is 0.172 e. The second kappa shape index (κ2) is 16.0. The number of benzene rings is 12. The molecule has 0 atom stereocenters. The second-order valence-corrected chi connectivity index (χ2v) is 26.8. The number of fused-ring (bicyclic) bond motifs is 12. The largest absolute Gasteiger partial charge is 0.456 e. The van der Waals surface area contributed by atoms with Crippen LogP contribution in [0.2, 0.25) is 0 Å². The molecule has 0 bridgehead atoms. The Balaban J connectivity index is 0.842. The number of rotatable bonds is 6. The van der Waals surface area contributed by atoms with Gasteiger partial charge in [0, 0.05) is 110 Å². The fraction of sp³-hybridized carbons (Fsp3) is 0. The van der Waals surface area contributed by atoms with Crippen LogP contribution in [0.25, 0.3) is 132 Å². The topological polar surface area (TPSA) is 70.3 Å². The quantitative estimate of drug-likeness (QED) is 0.156. The van der Waals surface area contributed by atoms with E-state index in [1.807, 2.05) is 84.9 Å². The molecule has 0 N–H and O–H groups in total. The molecule has 0 unspecified atom stereocenters. The van der Waals surface area contributed by atoms with E-state index in [2.05, 4.69) is 179 Å². The average Bonchev–Trinajstić information content (AvgIpc) is 4.52. The van der Waals surface area contributed by atoms with Crippen molar-refractivity contribution in [2.75, 3.05) is 0 Å². The summed E-state index contributed by atoms with van der Waals surface area (Å²) in [5, 5.41) is 13.3. The Labute approximate surface area is 457 Å². The van der Waals surface area contributed by atoms with E-state index in [0.717, 1.165) is 164 Å². The van der Waals surface area contributed by atoms with E-state index in [1.54, 1.807) is 0 Å². The lowest BCUT2D eigenvalue weighted by Gasteiger charge is -2.24. The molecule has 6 heterocycles. The summed E-state index contributed by atoms with van der Waals surface area (Å²) in [5.41, 5.74) is 14.8. The summed E-state index contributed by atoms with van der Waals surface area (Å²) in [6, 6.07) is 88.0. The minimum atomic E-state index is -3.61. The molecule has 0 radical (unpaired) electrons. The Bertz CT molecular complexity index is 5110. The van der Waals surface area contributed by atoms with Gasteiger partial charge >= 0.3 is 0 Å². The Morgan fingerprint density at radius 1 is 0.263 bits per heavy atom. The molecule has 374 valence electrons. The third-order valence-corrected chi connectivity index (χ3v) is 23.4. The summed E-state index contributed by atoms with van der Waals surface area (Å²) in [5.74, 6) is 0. The zero-order valence-electron chi connectivity index (χ0n) is 42.7. The van der Waals surface area contributed by atoms with Crippen LogP contribution in [0.1, 0.15) is 0 Å². The number of hydrogen-bond acceptors (Lipinski definition) is 4. The molecule has 12 aromatic carbocycles. The van der Waals surface area contributed by atoms with E-state index in [1.165, 1.54) is 0 Å². The van der Waals surface area contributed by atoms with Crippen LogP contribution >= 0.6 is 14.3 Å².